The summed E-state index contributed by atoms with van der Waals surface area (Å²) in [6.07, 6.45) is 0. The molecule has 106 valence electrons. The van der Waals surface area contributed by atoms with Gasteiger partial charge in [-0.3, -0.25) is 9.36 Å². The Balaban J connectivity index is 2.11. The molecule has 0 saturated carbocycles. The molecule has 2 aromatic carbocycles. The zero-order chi connectivity index (χ0) is 15.1. The van der Waals surface area contributed by atoms with E-state index in [-0.39, 0.29) is 5.78 Å². The molecular weight excluding hydrogens is 336 g/mol. The van der Waals surface area contributed by atoms with Crippen LogP contribution in [0.25, 0.3) is 11.1 Å². The number of aromatic nitrogens is 1. The van der Waals surface area contributed by atoms with E-state index < -0.39 is 5.76 Å². The number of carbonyl (C=O) groups excluding carboxylic acids is 1. The molecule has 3 aromatic rings. The molecule has 21 heavy (non-hydrogen) atoms. The van der Waals surface area contributed by atoms with Gasteiger partial charge < -0.3 is 10.2 Å². The van der Waals surface area contributed by atoms with Crippen LogP contribution in [-0.2, 0) is 7.05 Å². The number of benzene rings is 2. The van der Waals surface area contributed by atoms with Gasteiger partial charge in [-0.05, 0) is 36.4 Å². The highest BCUT2D eigenvalue weighted by Crippen LogP contribution is 2.21. The van der Waals surface area contributed by atoms with Crippen molar-refractivity contribution in [3.63, 3.8) is 0 Å². The largest absolute Gasteiger partial charge is 0.419 e. The molecule has 0 saturated heterocycles. The third kappa shape index (κ3) is 2.38. The number of rotatable bonds is 2. The molecule has 0 amide bonds. The summed E-state index contributed by atoms with van der Waals surface area (Å²) in [5.41, 5.74) is 8.18. The van der Waals surface area contributed by atoms with Crippen molar-refractivity contribution in [2.75, 3.05) is 5.73 Å². The Morgan fingerprint density at radius 1 is 1.19 bits per heavy atom. The van der Waals surface area contributed by atoms with E-state index in [2.05, 4.69) is 15.9 Å². The molecule has 0 bridgehead atoms. The number of nitrogens with zero attached hydrogens (tertiary/aromatic N) is 1. The van der Waals surface area contributed by atoms with Gasteiger partial charge in [0.05, 0.1) is 5.52 Å². The van der Waals surface area contributed by atoms with Crippen LogP contribution in [0.3, 0.4) is 0 Å². The SMILES string of the molecule is Cn1c(=O)oc2cc(C(=O)c3cc(N)cc(Br)c3)ccc21. The monoisotopic (exact) mass is 346 g/mol. The average Bonchev–Trinajstić information content (AvgIpc) is 2.71. The third-order valence-electron chi connectivity index (χ3n) is 3.24. The Morgan fingerprint density at radius 2 is 1.95 bits per heavy atom. The molecule has 0 atom stereocenters. The van der Waals surface area contributed by atoms with Gasteiger partial charge >= 0.3 is 5.76 Å². The minimum absolute atomic E-state index is 0.184. The average molecular weight is 347 g/mol. The number of ketones is 1. The molecule has 5 nitrogen and oxygen atoms in total. The predicted molar refractivity (Wildman–Crippen MR) is 83.4 cm³/mol. The van der Waals surface area contributed by atoms with Crippen LogP contribution >= 0.6 is 15.9 Å². The molecular formula is C15H11BrN2O3. The first-order valence-electron chi connectivity index (χ1n) is 6.16. The lowest BCUT2D eigenvalue weighted by atomic mass is 10.0. The fourth-order valence-electron chi connectivity index (χ4n) is 2.19. The highest BCUT2D eigenvalue weighted by molar-refractivity contribution is 9.10. The van der Waals surface area contributed by atoms with Crippen molar-refractivity contribution >= 4 is 38.5 Å². The van der Waals surface area contributed by atoms with E-state index in [1.165, 1.54) is 4.57 Å². The van der Waals surface area contributed by atoms with E-state index in [0.717, 1.165) is 4.47 Å². The number of hydrogen-bond acceptors (Lipinski definition) is 4. The second-order valence-corrected chi connectivity index (χ2v) is 5.63. The maximum atomic E-state index is 12.5. The molecule has 0 radical (unpaired) electrons. The number of nitrogens with two attached hydrogens (primary N) is 1. The Morgan fingerprint density at radius 3 is 2.67 bits per heavy atom. The molecule has 0 spiro atoms. The van der Waals surface area contributed by atoms with Crippen LogP contribution < -0.4 is 11.5 Å². The molecule has 1 heterocycles. The molecule has 0 unspecified atom stereocenters. The molecule has 6 heteroatoms. The first-order chi connectivity index (χ1) is 9.95. The number of hydrogen-bond donors (Lipinski definition) is 1. The van der Waals surface area contributed by atoms with E-state index in [9.17, 15) is 9.59 Å². The fraction of sp³-hybridized carbons (Fsp3) is 0.0667. The summed E-state index contributed by atoms with van der Waals surface area (Å²) in [7, 11) is 1.62. The number of halogens is 1. The summed E-state index contributed by atoms with van der Waals surface area (Å²) in [4.78, 5) is 24.0. The van der Waals surface area contributed by atoms with Crippen LogP contribution in [0, 0.1) is 0 Å². The maximum Gasteiger partial charge on any atom is 0.419 e. The quantitative estimate of drug-likeness (QED) is 0.571. The second-order valence-electron chi connectivity index (χ2n) is 4.71. The summed E-state index contributed by atoms with van der Waals surface area (Å²) in [5, 5.41) is 0. The van der Waals surface area contributed by atoms with Crippen molar-refractivity contribution < 1.29 is 9.21 Å². The molecule has 1 aromatic heterocycles. The minimum atomic E-state index is -0.457. The van der Waals surface area contributed by atoms with Crippen LogP contribution in [0.4, 0.5) is 5.69 Å². The van der Waals surface area contributed by atoms with Crippen molar-refractivity contribution in [2.24, 2.45) is 7.05 Å². The van der Waals surface area contributed by atoms with E-state index in [1.54, 1.807) is 43.4 Å². The van der Waals surface area contributed by atoms with Crippen LogP contribution in [-0.4, -0.2) is 10.4 Å². The van der Waals surface area contributed by atoms with Gasteiger partial charge in [-0.25, -0.2) is 4.79 Å². The third-order valence-corrected chi connectivity index (χ3v) is 3.69. The van der Waals surface area contributed by atoms with Gasteiger partial charge in [0.1, 0.15) is 0 Å². The van der Waals surface area contributed by atoms with Crippen molar-refractivity contribution in [3.05, 3.63) is 62.5 Å². The van der Waals surface area contributed by atoms with Crippen LogP contribution in [0.5, 0.6) is 0 Å². The standard InChI is InChI=1S/C15H11BrN2O3/c1-18-12-3-2-8(6-13(12)21-15(18)20)14(19)9-4-10(16)7-11(17)5-9/h2-7H,17H2,1H3. The predicted octanol–water partition coefficient (Wildman–Crippen LogP) is 2.71. The van der Waals surface area contributed by atoms with Gasteiger partial charge in [0, 0.05) is 28.3 Å². The smallest absolute Gasteiger partial charge is 0.408 e. The Hall–Kier alpha value is -2.34. The fourth-order valence-corrected chi connectivity index (χ4v) is 2.70. The number of nitrogen functional groups attached to an aromatic ring is 1. The van der Waals surface area contributed by atoms with Gasteiger partial charge in [-0.15, -0.1) is 0 Å². The van der Waals surface area contributed by atoms with Crippen LogP contribution in [0.15, 0.2) is 50.1 Å². The van der Waals surface area contributed by atoms with E-state index in [1.807, 2.05) is 0 Å². The number of oxazole rings is 1. The Kier molecular flexibility index (Phi) is 3.17. The zero-order valence-electron chi connectivity index (χ0n) is 11.1. The summed E-state index contributed by atoms with van der Waals surface area (Å²) in [6, 6.07) is 9.94. The number of carbonyl (C=O) groups is 1. The topological polar surface area (TPSA) is 78.2 Å². The lowest BCUT2D eigenvalue weighted by molar-refractivity contribution is 0.103. The van der Waals surface area contributed by atoms with Gasteiger partial charge in [-0.1, -0.05) is 15.9 Å². The summed E-state index contributed by atoms with van der Waals surface area (Å²) >= 11 is 3.31. The second kappa shape index (κ2) is 4.89. The molecule has 0 aliphatic heterocycles. The lowest BCUT2D eigenvalue weighted by Crippen LogP contribution is -2.08. The minimum Gasteiger partial charge on any atom is -0.408 e. The maximum absolute atomic E-state index is 12.5. The Bertz CT molecular complexity index is 904. The number of aryl methyl sites for hydroxylation is 1. The first-order valence-corrected chi connectivity index (χ1v) is 6.95. The van der Waals surface area contributed by atoms with Crippen molar-refractivity contribution in [1.82, 2.24) is 4.57 Å². The lowest BCUT2D eigenvalue weighted by Gasteiger charge is -2.04. The summed E-state index contributed by atoms with van der Waals surface area (Å²) < 4.78 is 7.22. The first kappa shape index (κ1) is 13.6. The van der Waals surface area contributed by atoms with Crippen molar-refractivity contribution in [3.8, 4) is 0 Å². The van der Waals surface area contributed by atoms with E-state index in [0.29, 0.717) is 27.9 Å². The highest BCUT2D eigenvalue weighted by atomic mass is 79.9. The van der Waals surface area contributed by atoms with Crippen LogP contribution in [0.2, 0.25) is 0 Å². The molecule has 3 rings (SSSR count). The molecule has 0 aliphatic rings. The van der Waals surface area contributed by atoms with Crippen molar-refractivity contribution in [2.45, 2.75) is 0 Å². The van der Waals surface area contributed by atoms with Gasteiger partial charge in [0.2, 0.25) is 0 Å². The van der Waals surface area contributed by atoms with E-state index in [4.69, 9.17) is 10.2 Å². The van der Waals surface area contributed by atoms with Gasteiger partial charge in [-0.2, -0.15) is 0 Å². The normalized spacial score (nSPS) is 11.0. The molecule has 0 aliphatic carbocycles. The van der Waals surface area contributed by atoms with Gasteiger partial charge in [0.25, 0.3) is 0 Å². The zero-order valence-corrected chi connectivity index (χ0v) is 12.7. The Labute approximate surface area is 128 Å². The van der Waals surface area contributed by atoms with Crippen LogP contribution in [0.1, 0.15) is 15.9 Å². The number of anilines is 1. The number of fused-ring (bicyclic) bond motifs is 1. The van der Waals surface area contributed by atoms with Crippen molar-refractivity contribution in [1.29, 1.82) is 0 Å². The molecule has 2 N–H and O–H groups in total. The summed E-state index contributed by atoms with van der Waals surface area (Å²) in [5.74, 6) is -0.641. The molecule has 0 fully saturated rings. The summed E-state index contributed by atoms with van der Waals surface area (Å²) in [6.45, 7) is 0. The van der Waals surface area contributed by atoms with Gasteiger partial charge in [0.15, 0.2) is 11.4 Å². The highest BCUT2D eigenvalue weighted by Gasteiger charge is 2.13. The van der Waals surface area contributed by atoms with E-state index >= 15 is 0 Å².